The Morgan fingerprint density at radius 3 is 2.22 bits per heavy atom. The number of phenols is 1. The molecule has 0 aliphatic heterocycles. The number of benzene rings is 1. The SMILES string of the molecule is O=[C+]c1ccc(O)cc1. The Bertz CT molecular complexity index is 201. The molecule has 1 aromatic carbocycles. The average molecular weight is 121 g/mol. The van der Waals surface area contributed by atoms with E-state index in [1.807, 2.05) is 0 Å². The summed E-state index contributed by atoms with van der Waals surface area (Å²) in [6.45, 7) is 0. The molecule has 1 aromatic rings. The summed E-state index contributed by atoms with van der Waals surface area (Å²) < 4.78 is 0. The van der Waals surface area contributed by atoms with Crippen LogP contribution in [0, 0.1) is 0 Å². The molecule has 0 bridgehead atoms. The molecule has 0 fully saturated rings. The summed E-state index contributed by atoms with van der Waals surface area (Å²) >= 11 is 0. The highest BCUT2D eigenvalue weighted by atomic mass is 16.3. The van der Waals surface area contributed by atoms with Crippen LogP contribution >= 0.6 is 0 Å². The van der Waals surface area contributed by atoms with Crippen molar-refractivity contribution in [3.63, 3.8) is 0 Å². The second-order valence-electron chi connectivity index (χ2n) is 1.65. The molecule has 0 spiro atoms. The second-order valence-corrected chi connectivity index (χ2v) is 1.65. The van der Waals surface area contributed by atoms with E-state index in [1.54, 1.807) is 6.29 Å². The van der Waals surface area contributed by atoms with Crippen LogP contribution in [-0.2, 0) is 4.79 Å². The lowest BCUT2D eigenvalue weighted by atomic mass is 10.2. The Hall–Kier alpha value is -1.40. The Balaban J connectivity index is 3.01. The van der Waals surface area contributed by atoms with Gasteiger partial charge < -0.3 is 5.11 Å². The first-order chi connectivity index (χ1) is 4.33. The van der Waals surface area contributed by atoms with E-state index in [2.05, 4.69) is 0 Å². The van der Waals surface area contributed by atoms with E-state index >= 15 is 0 Å². The maximum Gasteiger partial charge on any atom is 0.303 e. The number of hydrogen-bond acceptors (Lipinski definition) is 2. The fourth-order valence-electron chi connectivity index (χ4n) is 0.529. The van der Waals surface area contributed by atoms with Crippen LogP contribution < -0.4 is 0 Å². The van der Waals surface area contributed by atoms with Crippen LogP contribution in [0.15, 0.2) is 24.3 Å². The van der Waals surface area contributed by atoms with Gasteiger partial charge in [0, 0.05) is 12.1 Å². The lowest BCUT2D eigenvalue weighted by Gasteiger charge is -1.80. The van der Waals surface area contributed by atoms with Crippen LogP contribution in [-0.4, -0.2) is 11.4 Å². The van der Waals surface area contributed by atoms with Gasteiger partial charge in [0.15, 0.2) is 0 Å². The highest BCUT2D eigenvalue weighted by Gasteiger charge is 1.99. The fraction of sp³-hybridized carbons (Fsp3) is 0. The summed E-state index contributed by atoms with van der Waals surface area (Å²) in [4.78, 5) is 9.91. The van der Waals surface area contributed by atoms with Crippen molar-refractivity contribution in [2.45, 2.75) is 0 Å². The van der Waals surface area contributed by atoms with Gasteiger partial charge in [-0.3, -0.25) is 0 Å². The van der Waals surface area contributed by atoms with Gasteiger partial charge in [-0.15, -0.1) is 4.79 Å². The van der Waals surface area contributed by atoms with Gasteiger partial charge in [0.25, 0.3) is 0 Å². The molecule has 0 atom stereocenters. The highest BCUT2D eigenvalue weighted by molar-refractivity contribution is 5.75. The number of carbonyl (C=O) groups excluding carboxylic acids is 1. The predicted molar refractivity (Wildman–Crippen MR) is 32.9 cm³/mol. The molecule has 1 rings (SSSR count). The minimum absolute atomic E-state index is 0.161. The van der Waals surface area contributed by atoms with Crippen LogP contribution in [0.4, 0.5) is 0 Å². The molecule has 0 aliphatic rings. The maximum absolute atomic E-state index is 9.91. The molecule has 9 heavy (non-hydrogen) atoms. The third-order valence-electron chi connectivity index (χ3n) is 0.985. The Morgan fingerprint density at radius 1 is 1.22 bits per heavy atom. The van der Waals surface area contributed by atoms with Crippen molar-refractivity contribution in [3.05, 3.63) is 29.8 Å². The first-order valence-corrected chi connectivity index (χ1v) is 2.50. The molecule has 0 heterocycles. The zero-order chi connectivity index (χ0) is 6.69. The molecule has 0 amide bonds. The molecule has 0 saturated heterocycles. The Morgan fingerprint density at radius 2 is 1.78 bits per heavy atom. The third-order valence-corrected chi connectivity index (χ3v) is 0.985. The molecule has 2 heteroatoms. The molecule has 0 unspecified atom stereocenters. The highest BCUT2D eigenvalue weighted by Crippen LogP contribution is 2.06. The summed E-state index contributed by atoms with van der Waals surface area (Å²) in [5.74, 6) is 0.161. The van der Waals surface area contributed by atoms with Gasteiger partial charge in [0.1, 0.15) is 5.75 Å². The summed E-state index contributed by atoms with van der Waals surface area (Å²) in [5, 5.41) is 8.72. The smallest absolute Gasteiger partial charge is 0.303 e. The lowest BCUT2D eigenvalue weighted by molar-refractivity contribution is 0.475. The molecule has 1 N–H and O–H groups in total. The van der Waals surface area contributed by atoms with Crippen molar-refractivity contribution < 1.29 is 9.90 Å². The Labute approximate surface area is 52.8 Å². The van der Waals surface area contributed by atoms with E-state index in [4.69, 9.17) is 5.11 Å². The third kappa shape index (κ3) is 1.24. The van der Waals surface area contributed by atoms with Gasteiger partial charge >= 0.3 is 6.29 Å². The number of hydrogen-bond donors (Lipinski definition) is 1. The average Bonchev–Trinajstić information content (AvgIpc) is 1.90. The Kier molecular flexibility index (Phi) is 1.43. The van der Waals surface area contributed by atoms with Crippen molar-refractivity contribution in [2.24, 2.45) is 0 Å². The van der Waals surface area contributed by atoms with E-state index < -0.39 is 0 Å². The second kappa shape index (κ2) is 2.25. The van der Waals surface area contributed by atoms with E-state index in [0.717, 1.165) is 0 Å². The molecule has 0 aliphatic carbocycles. The largest absolute Gasteiger partial charge is 0.505 e. The van der Waals surface area contributed by atoms with Crippen LogP contribution in [0.5, 0.6) is 5.75 Å². The monoisotopic (exact) mass is 121 g/mol. The van der Waals surface area contributed by atoms with Gasteiger partial charge in [0.05, 0.1) is 12.1 Å². The lowest BCUT2D eigenvalue weighted by Crippen LogP contribution is -1.75. The van der Waals surface area contributed by atoms with Gasteiger partial charge in [-0.05, 0) is 0 Å². The first-order valence-electron chi connectivity index (χ1n) is 2.50. The number of aromatic hydroxyl groups is 1. The summed E-state index contributed by atoms with van der Waals surface area (Å²) in [5.41, 5.74) is 0.452. The van der Waals surface area contributed by atoms with Gasteiger partial charge in [-0.25, -0.2) is 0 Å². The zero-order valence-electron chi connectivity index (χ0n) is 4.66. The number of rotatable bonds is 1. The van der Waals surface area contributed by atoms with E-state index in [9.17, 15) is 4.79 Å². The molecule has 0 saturated carbocycles. The topological polar surface area (TPSA) is 37.3 Å². The van der Waals surface area contributed by atoms with E-state index in [0.29, 0.717) is 5.56 Å². The van der Waals surface area contributed by atoms with Crippen molar-refractivity contribution in [2.75, 3.05) is 0 Å². The summed E-state index contributed by atoms with van der Waals surface area (Å²) in [6, 6.07) is 5.89. The zero-order valence-corrected chi connectivity index (χ0v) is 4.66. The minimum atomic E-state index is 0.161. The molecule has 0 aromatic heterocycles. The minimum Gasteiger partial charge on any atom is -0.505 e. The van der Waals surface area contributed by atoms with Crippen molar-refractivity contribution in [3.8, 4) is 5.75 Å². The van der Waals surface area contributed by atoms with Crippen molar-refractivity contribution >= 4 is 6.29 Å². The van der Waals surface area contributed by atoms with E-state index in [1.165, 1.54) is 24.3 Å². The normalized spacial score (nSPS) is 8.44. The maximum atomic E-state index is 9.91. The first kappa shape index (κ1) is 5.73. The van der Waals surface area contributed by atoms with Crippen LogP contribution in [0.25, 0.3) is 0 Å². The van der Waals surface area contributed by atoms with Gasteiger partial charge in [-0.1, -0.05) is 0 Å². The molecular weight excluding hydrogens is 116 g/mol. The van der Waals surface area contributed by atoms with Crippen LogP contribution in [0.3, 0.4) is 0 Å². The summed E-state index contributed by atoms with van der Waals surface area (Å²) in [6.07, 6.45) is 1.69. The predicted octanol–water partition coefficient (Wildman–Crippen LogP) is 0.850. The van der Waals surface area contributed by atoms with Crippen LogP contribution in [0.2, 0.25) is 0 Å². The van der Waals surface area contributed by atoms with Crippen LogP contribution in [0.1, 0.15) is 5.56 Å². The molecule has 2 nitrogen and oxygen atoms in total. The summed E-state index contributed by atoms with van der Waals surface area (Å²) in [7, 11) is 0. The molecule has 44 valence electrons. The molecule has 0 radical (unpaired) electrons. The standard InChI is InChI=1S/C7H4O2/c8-5-6-1-3-7(9)4-2-6/h1-4H/p+1. The van der Waals surface area contributed by atoms with E-state index in [-0.39, 0.29) is 5.75 Å². The van der Waals surface area contributed by atoms with Crippen molar-refractivity contribution in [1.82, 2.24) is 0 Å². The van der Waals surface area contributed by atoms with Crippen molar-refractivity contribution in [1.29, 1.82) is 0 Å². The van der Waals surface area contributed by atoms with Gasteiger partial charge in [-0.2, -0.15) is 0 Å². The fourth-order valence-corrected chi connectivity index (χ4v) is 0.529. The molecular formula is C7H5O2+. The quantitative estimate of drug-likeness (QED) is 0.559. The van der Waals surface area contributed by atoms with Gasteiger partial charge in [0.2, 0.25) is 5.56 Å². The number of phenolic OH excluding ortho intramolecular Hbond substituents is 1.